The molecule has 0 aliphatic heterocycles. The first-order chi connectivity index (χ1) is 21.8. The van der Waals surface area contributed by atoms with E-state index in [0.29, 0.717) is 47.4 Å². The number of nitrogens with zero attached hydrogens (tertiary/aromatic N) is 1. The zero-order chi connectivity index (χ0) is 31.8. The topological polar surface area (TPSA) is 177 Å². The molecule has 0 fully saturated rings. The first-order valence-electron chi connectivity index (χ1n) is 14.4. The van der Waals surface area contributed by atoms with Gasteiger partial charge in [0.1, 0.15) is 5.75 Å². The first kappa shape index (κ1) is 30.9. The number of H-pyrrole nitrogens is 1. The van der Waals surface area contributed by atoms with Crippen LogP contribution in [0.2, 0.25) is 0 Å². The van der Waals surface area contributed by atoms with Gasteiger partial charge in [-0.25, -0.2) is 4.79 Å². The van der Waals surface area contributed by atoms with Crippen LogP contribution in [0.25, 0.3) is 22.0 Å². The van der Waals surface area contributed by atoms with Gasteiger partial charge in [0.25, 0.3) is 0 Å². The fraction of sp³-hybridized carbons (Fsp3) is 0.176. The summed E-state index contributed by atoms with van der Waals surface area (Å²) in [5.74, 6) is -0.223. The Bertz CT molecular complexity index is 1860. The van der Waals surface area contributed by atoms with E-state index < -0.39 is 12.2 Å². The molecule has 1 atom stereocenters. The van der Waals surface area contributed by atoms with Gasteiger partial charge in [0, 0.05) is 36.5 Å². The number of anilines is 2. The first-order valence-corrected chi connectivity index (χ1v) is 14.4. The fourth-order valence-corrected chi connectivity index (χ4v) is 5.11. The van der Waals surface area contributed by atoms with E-state index in [4.69, 9.17) is 0 Å². The SMILES string of the molecule is O=C(O)Nc1cc(CCCC(=O)Nc2ccc(CNC[C@H](O)c3ccc(O)c4[nH]c(=O)ccc34)nc2)ccc1-c1ccccc1. The van der Waals surface area contributed by atoms with Crippen molar-refractivity contribution in [1.29, 1.82) is 0 Å². The smallest absolute Gasteiger partial charge is 0.409 e. The van der Waals surface area contributed by atoms with Crippen molar-refractivity contribution in [3.8, 4) is 16.9 Å². The Morgan fingerprint density at radius 3 is 2.51 bits per heavy atom. The normalized spacial score (nSPS) is 11.7. The van der Waals surface area contributed by atoms with E-state index in [1.165, 1.54) is 12.1 Å². The summed E-state index contributed by atoms with van der Waals surface area (Å²) in [6.45, 7) is 0.585. The van der Waals surface area contributed by atoms with Crippen LogP contribution in [0, 0.1) is 0 Å². The number of hydrogen-bond acceptors (Lipinski definition) is 7. The van der Waals surface area contributed by atoms with Crippen LogP contribution in [0.15, 0.2) is 95.9 Å². The van der Waals surface area contributed by atoms with Gasteiger partial charge in [0.2, 0.25) is 11.5 Å². The third-order valence-corrected chi connectivity index (χ3v) is 7.30. The Balaban J connectivity index is 1.09. The third-order valence-electron chi connectivity index (χ3n) is 7.30. The summed E-state index contributed by atoms with van der Waals surface area (Å²) in [6.07, 6.45) is 1.000. The number of carbonyl (C=O) groups excluding carboxylic acids is 1. The minimum Gasteiger partial charge on any atom is -0.506 e. The highest BCUT2D eigenvalue weighted by Crippen LogP contribution is 2.30. The monoisotopic (exact) mass is 607 g/mol. The highest BCUT2D eigenvalue weighted by molar-refractivity contribution is 5.91. The van der Waals surface area contributed by atoms with E-state index in [1.54, 1.807) is 36.5 Å². The number of hydrogen-bond donors (Lipinski definition) is 7. The summed E-state index contributed by atoms with van der Waals surface area (Å²) in [5, 5.41) is 39.1. The van der Waals surface area contributed by atoms with Gasteiger partial charge in [-0.2, -0.15) is 0 Å². The van der Waals surface area contributed by atoms with E-state index in [-0.39, 0.29) is 35.7 Å². The van der Waals surface area contributed by atoms with Crippen LogP contribution in [0.4, 0.5) is 16.2 Å². The van der Waals surface area contributed by atoms with Gasteiger partial charge in [-0.05, 0) is 59.9 Å². The number of carboxylic acid groups (broad SMARTS) is 1. The highest BCUT2D eigenvalue weighted by Gasteiger charge is 2.14. The number of aliphatic hydroxyl groups is 1. The van der Waals surface area contributed by atoms with Crippen LogP contribution >= 0.6 is 0 Å². The molecule has 3 aromatic carbocycles. The Kier molecular flexibility index (Phi) is 9.83. The fourth-order valence-electron chi connectivity index (χ4n) is 5.11. The van der Waals surface area contributed by atoms with Crippen LogP contribution in [0.1, 0.15) is 35.8 Å². The van der Waals surface area contributed by atoms with Crippen molar-refractivity contribution in [2.75, 3.05) is 17.2 Å². The number of aromatic hydroxyl groups is 1. The predicted molar refractivity (Wildman–Crippen MR) is 172 cm³/mol. The molecule has 11 heteroatoms. The summed E-state index contributed by atoms with van der Waals surface area (Å²) < 4.78 is 0. The number of aromatic nitrogens is 2. The highest BCUT2D eigenvalue weighted by atomic mass is 16.4. The Morgan fingerprint density at radius 1 is 0.933 bits per heavy atom. The third kappa shape index (κ3) is 8.11. The molecule has 11 nitrogen and oxygen atoms in total. The van der Waals surface area contributed by atoms with Crippen molar-refractivity contribution in [3.63, 3.8) is 0 Å². The van der Waals surface area contributed by atoms with E-state index in [9.17, 15) is 29.7 Å². The van der Waals surface area contributed by atoms with Crippen LogP contribution in [0.3, 0.4) is 0 Å². The number of fused-ring (bicyclic) bond motifs is 1. The Hall–Kier alpha value is -5.52. The van der Waals surface area contributed by atoms with Crippen molar-refractivity contribution in [2.45, 2.75) is 31.9 Å². The number of phenols is 1. The van der Waals surface area contributed by atoms with Gasteiger partial charge in [0.05, 0.1) is 34.9 Å². The second-order valence-corrected chi connectivity index (χ2v) is 10.5. The largest absolute Gasteiger partial charge is 0.506 e. The second-order valence-electron chi connectivity index (χ2n) is 10.5. The van der Waals surface area contributed by atoms with Crippen molar-refractivity contribution in [1.82, 2.24) is 15.3 Å². The van der Waals surface area contributed by atoms with E-state index in [1.807, 2.05) is 42.5 Å². The van der Waals surface area contributed by atoms with Gasteiger partial charge in [-0.3, -0.25) is 19.9 Å². The number of aromatic amines is 1. The van der Waals surface area contributed by atoms with E-state index in [2.05, 4.69) is 25.9 Å². The molecule has 0 aliphatic rings. The molecule has 0 aliphatic carbocycles. The number of rotatable bonds is 12. The van der Waals surface area contributed by atoms with Gasteiger partial charge in [-0.15, -0.1) is 0 Å². The number of nitrogens with one attached hydrogen (secondary N) is 4. The zero-order valence-corrected chi connectivity index (χ0v) is 24.3. The minimum atomic E-state index is -1.14. The van der Waals surface area contributed by atoms with Crippen LogP contribution in [0.5, 0.6) is 5.75 Å². The quantitative estimate of drug-likeness (QED) is 0.102. The maximum atomic E-state index is 12.5. The second kappa shape index (κ2) is 14.3. The van der Waals surface area contributed by atoms with Crippen molar-refractivity contribution >= 4 is 34.3 Å². The average Bonchev–Trinajstić information content (AvgIpc) is 3.02. The molecule has 2 heterocycles. The molecule has 2 amide bonds. The number of aliphatic hydroxyl groups excluding tert-OH is 1. The predicted octanol–water partition coefficient (Wildman–Crippen LogP) is 5.17. The molecule has 0 spiro atoms. The van der Waals surface area contributed by atoms with E-state index >= 15 is 0 Å². The molecule has 2 aromatic heterocycles. The summed E-state index contributed by atoms with van der Waals surface area (Å²) in [7, 11) is 0. The molecule has 0 bridgehead atoms. The lowest BCUT2D eigenvalue weighted by atomic mass is 9.99. The molecule has 0 unspecified atom stereocenters. The molecule has 0 saturated carbocycles. The molecular formula is C34H33N5O6. The maximum absolute atomic E-state index is 12.5. The zero-order valence-electron chi connectivity index (χ0n) is 24.3. The molecule has 7 N–H and O–H groups in total. The molecule has 45 heavy (non-hydrogen) atoms. The number of aryl methyl sites for hydroxylation is 1. The van der Waals surface area contributed by atoms with Crippen molar-refractivity contribution in [2.24, 2.45) is 0 Å². The molecule has 5 aromatic rings. The van der Waals surface area contributed by atoms with E-state index in [0.717, 1.165) is 16.7 Å². The summed E-state index contributed by atoms with van der Waals surface area (Å²) >= 11 is 0. The Labute approximate surface area is 258 Å². The number of benzene rings is 3. The van der Waals surface area contributed by atoms with Crippen LogP contribution < -0.4 is 21.5 Å². The minimum absolute atomic E-state index is 0.0686. The van der Waals surface area contributed by atoms with Gasteiger partial charge < -0.3 is 30.9 Å². The lowest BCUT2D eigenvalue weighted by Crippen LogP contribution is -2.22. The van der Waals surface area contributed by atoms with Gasteiger partial charge in [0.15, 0.2) is 0 Å². The van der Waals surface area contributed by atoms with Gasteiger partial charge >= 0.3 is 6.09 Å². The van der Waals surface area contributed by atoms with Gasteiger partial charge in [-0.1, -0.05) is 48.5 Å². The average molecular weight is 608 g/mol. The summed E-state index contributed by atoms with van der Waals surface area (Å²) in [4.78, 5) is 42.5. The molecule has 0 saturated heterocycles. The number of phenolic OH excluding ortho intramolecular Hbond substituents is 1. The molecule has 0 radical (unpaired) electrons. The van der Waals surface area contributed by atoms with Crippen LogP contribution in [-0.4, -0.2) is 43.8 Å². The number of carbonyl (C=O) groups is 2. The van der Waals surface area contributed by atoms with Crippen molar-refractivity contribution < 1.29 is 24.9 Å². The number of pyridine rings is 2. The maximum Gasteiger partial charge on any atom is 0.409 e. The lowest BCUT2D eigenvalue weighted by Gasteiger charge is -2.15. The Morgan fingerprint density at radius 2 is 1.76 bits per heavy atom. The number of amides is 2. The van der Waals surface area contributed by atoms with Crippen molar-refractivity contribution in [3.05, 3.63) is 118 Å². The van der Waals surface area contributed by atoms with Crippen LogP contribution in [-0.2, 0) is 17.8 Å². The summed E-state index contributed by atoms with van der Waals surface area (Å²) in [5.41, 5.74) is 4.88. The molecule has 5 rings (SSSR count). The summed E-state index contributed by atoms with van der Waals surface area (Å²) in [6, 6.07) is 24.7. The standard InChI is InChI=1S/C34H33N5O6/c40-29-15-13-26(27-14-16-32(43)39-33(27)29)30(41)20-35-18-23-10-11-24(19-36-23)37-31(42)8-4-5-21-9-12-25(22-6-2-1-3-7-22)28(17-21)38-34(44)45/h1-3,6-7,9-17,19,30,35,38,40-41H,4-5,8,18,20H2,(H,37,42)(H,39,43)(H,44,45)/t30-/m0/s1. The lowest BCUT2D eigenvalue weighted by molar-refractivity contribution is -0.116. The molecule has 230 valence electrons. The molecular weight excluding hydrogens is 574 g/mol.